The minimum Gasteiger partial charge on any atom is -0.356 e. The summed E-state index contributed by atoms with van der Waals surface area (Å²) in [5, 5.41) is 0. The van der Waals surface area contributed by atoms with Gasteiger partial charge in [-0.05, 0) is 30.9 Å². The highest BCUT2D eigenvalue weighted by molar-refractivity contribution is 6.17. The van der Waals surface area contributed by atoms with Crippen LogP contribution in [-0.4, -0.2) is 18.1 Å². The van der Waals surface area contributed by atoms with Crippen LogP contribution in [0.2, 0.25) is 0 Å². The molecule has 1 aromatic rings. The van der Waals surface area contributed by atoms with E-state index in [0.29, 0.717) is 11.9 Å². The van der Waals surface area contributed by atoms with E-state index >= 15 is 0 Å². The van der Waals surface area contributed by atoms with E-state index in [2.05, 4.69) is 50.7 Å². The van der Waals surface area contributed by atoms with Crippen molar-refractivity contribution in [3.63, 3.8) is 0 Å². The number of hydrogen-bond acceptors (Lipinski definition) is 2. The number of pyridine rings is 1. The van der Waals surface area contributed by atoms with Crippen molar-refractivity contribution in [1.82, 2.24) is 4.98 Å². The molecule has 1 unspecified atom stereocenters. The monoisotopic (exact) mass is 254 g/mol. The van der Waals surface area contributed by atoms with Crippen LogP contribution in [0.25, 0.3) is 0 Å². The summed E-state index contributed by atoms with van der Waals surface area (Å²) in [5.41, 5.74) is 2.35. The first-order valence-corrected chi connectivity index (χ1v) is 6.56. The summed E-state index contributed by atoms with van der Waals surface area (Å²) in [4.78, 5) is 6.85. The minimum atomic E-state index is 0.232. The maximum Gasteiger partial charge on any atom is 0.128 e. The summed E-state index contributed by atoms with van der Waals surface area (Å²) < 4.78 is 0. The molecular formula is C14H23ClN2. The molecule has 1 aromatic heterocycles. The van der Waals surface area contributed by atoms with Crippen molar-refractivity contribution in [2.45, 2.75) is 46.5 Å². The van der Waals surface area contributed by atoms with Crippen molar-refractivity contribution in [1.29, 1.82) is 0 Å². The molecule has 0 aromatic carbocycles. The van der Waals surface area contributed by atoms with E-state index in [9.17, 15) is 0 Å². The zero-order valence-corrected chi connectivity index (χ0v) is 12.5. The van der Waals surface area contributed by atoms with Crippen LogP contribution in [0.3, 0.4) is 0 Å². The molecule has 0 aliphatic carbocycles. The Kier molecular flexibility index (Phi) is 4.42. The van der Waals surface area contributed by atoms with Crippen molar-refractivity contribution < 1.29 is 0 Å². The number of nitrogens with zero attached hydrogens (tertiary/aromatic N) is 2. The molecule has 0 aliphatic rings. The number of alkyl halides is 1. The molecule has 0 bridgehead atoms. The van der Waals surface area contributed by atoms with E-state index in [1.807, 2.05) is 13.0 Å². The first-order chi connectivity index (χ1) is 7.77. The lowest BCUT2D eigenvalue weighted by molar-refractivity contribution is 0.328. The van der Waals surface area contributed by atoms with Crippen molar-refractivity contribution in [2.24, 2.45) is 5.41 Å². The van der Waals surface area contributed by atoms with Gasteiger partial charge in [-0.15, -0.1) is 11.6 Å². The Morgan fingerprint density at radius 2 is 1.94 bits per heavy atom. The number of aromatic nitrogens is 1. The van der Waals surface area contributed by atoms with E-state index < -0.39 is 0 Å². The number of rotatable bonds is 3. The quantitative estimate of drug-likeness (QED) is 0.758. The van der Waals surface area contributed by atoms with Gasteiger partial charge in [-0.3, -0.25) is 0 Å². The van der Waals surface area contributed by atoms with Gasteiger partial charge in [0.2, 0.25) is 0 Å². The molecule has 0 radical (unpaired) electrons. The number of aryl methyl sites for hydroxylation is 1. The van der Waals surface area contributed by atoms with Gasteiger partial charge >= 0.3 is 0 Å². The lowest BCUT2D eigenvalue weighted by Crippen LogP contribution is -2.39. The van der Waals surface area contributed by atoms with Crippen molar-refractivity contribution >= 4 is 17.4 Å². The lowest BCUT2D eigenvalue weighted by atomic mass is 9.87. The van der Waals surface area contributed by atoms with Crippen LogP contribution >= 0.6 is 11.6 Å². The predicted molar refractivity (Wildman–Crippen MR) is 75.9 cm³/mol. The lowest BCUT2D eigenvalue weighted by Gasteiger charge is -2.36. The van der Waals surface area contributed by atoms with Crippen LogP contribution in [0.4, 0.5) is 5.82 Å². The molecule has 0 aliphatic heterocycles. The first-order valence-electron chi connectivity index (χ1n) is 6.02. The van der Waals surface area contributed by atoms with Gasteiger partial charge in [0, 0.05) is 24.7 Å². The van der Waals surface area contributed by atoms with E-state index in [0.717, 1.165) is 17.1 Å². The van der Waals surface area contributed by atoms with E-state index in [1.54, 1.807) is 0 Å². The zero-order valence-electron chi connectivity index (χ0n) is 11.7. The van der Waals surface area contributed by atoms with Gasteiger partial charge in [0.1, 0.15) is 5.82 Å². The second-order valence-electron chi connectivity index (χ2n) is 5.70. The molecule has 0 amide bonds. The van der Waals surface area contributed by atoms with E-state index in [4.69, 9.17) is 11.6 Å². The summed E-state index contributed by atoms with van der Waals surface area (Å²) in [6, 6.07) is 4.54. The molecule has 0 saturated heterocycles. The summed E-state index contributed by atoms with van der Waals surface area (Å²) in [5.74, 6) is 1.54. The number of hydrogen-bond donors (Lipinski definition) is 0. The van der Waals surface area contributed by atoms with Crippen LogP contribution in [0.15, 0.2) is 12.1 Å². The minimum absolute atomic E-state index is 0.232. The number of halogens is 1. The third-order valence-electron chi connectivity index (χ3n) is 3.52. The van der Waals surface area contributed by atoms with Crippen LogP contribution in [-0.2, 0) is 5.88 Å². The summed E-state index contributed by atoms with van der Waals surface area (Å²) in [6.07, 6.45) is 0. The molecule has 96 valence electrons. The molecule has 0 saturated carbocycles. The van der Waals surface area contributed by atoms with Gasteiger partial charge in [-0.2, -0.15) is 0 Å². The Hall–Kier alpha value is -0.760. The third kappa shape index (κ3) is 3.35. The second-order valence-corrected chi connectivity index (χ2v) is 5.97. The Labute approximate surface area is 110 Å². The second kappa shape index (κ2) is 5.26. The van der Waals surface area contributed by atoms with Crippen LogP contribution in [0.1, 0.15) is 39.0 Å². The summed E-state index contributed by atoms with van der Waals surface area (Å²) in [6.45, 7) is 11.0. The average molecular weight is 255 g/mol. The Morgan fingerprint density at radius 1 is 1.35 bits per heavy atom. The third-order valence-corrected chi connectivity index (χ3v) is 3.81. The highest BCUT2D eigenvalue weighted by atomic mass is 35.5. The van der Waals surface area contributed by atoms with Crippen molar-refractivity contribution in [3.05, 3.63) is 23.4 Å². The first kappa shape index (κ1) is 14.3. The fraction of sp³-hybridized carbons (Fsp3) is 0.643. The maximum absolute atomic E-state index is 5.85. The smallest absolute Gasteiger partial charge is 0.128 e. The molecule has 17 heavy (non-hydrogen) atoms. The van der Waals surface area contributed by atoms with Crippen molar-refractivity contribution in [2.75, 3.05) is 11.9 Å². The van der Waals surface area contributed by atoms with Gasteiger partial charge in [0.15, 0.2) is 0 Å². The van der Waals surface area contributed by atoms with Gasteiger partial charge in [0.05, 0.1) is 0 Å². The maximum atomic E-state index is 5.85. The average Bonchev–Trinajstić information content (AvgIpc) is 2.25. The molecule has 0 spiro atoms. The van der Waals surface area contributed by atoms with Crippen molar-refractivity contribution in [3.8, 4) is 0 Å². The molecular weight excluding hydrogens is 232 g/mol. The zero-order chi connectivity index (χ0) is 13.2. The Balaban J connectivity index is 2.97. The van der Waals surface area contributed by atoms with Gasteiger partial charge < -0.3 is 4.90 Å². The Bertz CT molecular complexity index is 382. The Morgan fingerprint density at radius 3 is 2.35 bits per heavy atom. The van der Waals surface area contributed by atoms with Crippen LogP contribution in [0, 0.1) is 12.3 Å². The summed E-state index contributed by atoms with van der Waals surface area (Å²) in [7, 11) is 2.10. The normalized spacial score (nSPS) is 13.6. The molecule has 2 nitrogen and oxygen atoms in total. The molecule has 1 heterocycles. The van der Waals surface area contributed by atoms with Gasteiger partial charge in [-0.1, -0.05) is 26.8 Å². The highest BCUT2D eigenvalue weighted by Gasteiger charge is 2.24. The van der Waals surface area contributed by atoms with Gasteiger partial charge in [-0.25, -0.2) is 4.98 Å². The molecule has 0 N–H and O–H groups in total. The molecule has 1 rings (SSSR count). The largest absolute Gasteiger partial charge is 0.356 e. The topological polar surface area (TPSA) is 16.1 Å². The van der Waals surface area contributed by atoms with E-state index in [1.165, 1.54) is 0 Å². The standard InChI is InChI=1S/C14H23ClN2/c1-10-12(9-15)7-8-13(16-10)17(6)11(2)14(3,4)5/h7-8,11H,9H2,1-6H3. The SMILES string of the molecule is Cc1nc(N(C)C(C)C(C)(C)C)ccc1CCl. The fourth-order valence-corrected chi connectivity index (χ4v) is 1.98. The van der Waals surface area contributed by atoms with Crippen LogP contribution < -0.4 is 4.90 Å². The van der Waals surface area contributed by atoms with Crippen LogP contribution in [0.5, 0.6) is 0 Å². The highest BCUT2D eigenvalue weighted by Crippen LogP contribution is 2.26. The molecule has 3 heteroatoms. The van der Waals surface area contributed by atoms with E-state index in [-0.39, 0.29) is 5.41 Å². The summed E-state index contributed by atoms with van der Waals surface area (Å²) >= 11 is 5.85. The van der Waals surface area contributed by atoms with Gasteiger partial charge in [0.25, 0.3) is 0 Å². The number of anilines is 1. The molecule has 1 atom stereocenters. The fourth-order valence-electron chi connectivity index (χ4n) is 1.69. The molecule has 0 fully saturated rings. The predicted octanol–water partition coefficient (Wildman–Crippen LogP) is 4.00.